The summed E-state index contributed by atoms with van der Waals surface area (Å²) in [7, 11) is 0. The molecular weight excluding hydrogens is 274 g/mol. The molecule has 0 aromatic heterocycles. The number of phenolic OH excluding ortho intramolecular Hbond substituents is 1. The molecule has 2 N–H and O–H groups in total. The lowest BCUT2D eigenvalue weighted by Crippen LogP contribution is -2.26. The maximum absolute atomic E-state index is 12.1. The van der Waals surface area contributed by atoms with E-state index in [-0.39, 0.29) is 17.6 Å². The summed E-state index contributed by atoms with van der Waals surface area (Å²) in [5, 5.41) is 12.3. The Hall–Kier alpha value is -2.29. The van der Waals surface area contributed by atoms with Gasteiger partial charge in [-0.2, -0.15) is 0 Å². The fourth-order valence-corrected chi connectivity index (χ4v) is 2.85. The molecular formula is C19H21NO2. The third-order valence-corrected chi connectivity index (χ3v) is 4.23. The molecule has 3 nitrogen and oxygen atoms in total. The van der Waals surface area contributed by atoms with Crippen molar-refractivity contribution in [2.75, 3.05) is 6.54 Å². The summed E-state index contributed by atoms with van der Waals surface area (Å²) in [5.74, 6) is 1.02. The molecule has 114 valence electrons. The monoisotopic (exact) mass is 295 g/mol. The van der Waals surface area contributed by atoms with Crippen LogP contribution in [0.3, 0.4) is 0 Å². The second-order valence-corrected chi connectivity index (χ2v) is 5.92. The second kappa shape index (κ2) is 6.65. The van der Waals surface area contributed by atoms with Gasteiger partial charge in [0.05, 0.1) is 0 Å². The van der Waals surface area contributed by atoms with Gasteiger partial charge in [-0.05, 0) is 48.4 Å². The average Bonchev–Trinajstić information content (AvgIpc) is 3.35. The molecule has 22 heavy (non-hydrogen) atoms. The fraction of sp³-hybridized carbons (Fsp3) is 0.316. The van der Waals surface area contributed by atoms with E-state index in [0.717, 1.165) is 19.3 Å². The van der Waals surface area contributed by atoms with Crippen molar-refractivity contribution in [1.82, 2.24) is 5.32 Å². The largest absolute Gasteiger partial charge is 0.508 e. The third kappa shape index (κ3) is 3.67. The molecule has 0 heterocycles. The summed E-state index contributed by atoms with van der Waals surface area (Å²) >= 11 is 0. The highest BCUT2D eigenvalue weighted by Crippen LogP contribution is 2.47. The van der Waals surface area contributed by atoms with Gasteiger partial charge in [-0.15, -0.1) is 0 Å². The molecule has 2 aromatic rings. The van der Waals surface area contributed by atoms with Gasteiger partial charge in [-0.3, -0.25) is 4.79 Å². The Labute approximate surface area is 131 Å². The zero-order chi connectivity index (χ0) is 15.4. The number of hydrogen-bond acceptors (Lipinski definition) is 2. The predicted octanol–water partition coefficient (Wildman–Crippen LogP) is 3.24. The number of amides is 1. The maximum atomic E-state index is 12.1. The summed E-state index contributed by atoms with van der Waals surface area (Å²) in [4.78, 5) is 12.1. The number of benzene rings is 2. The number of carbonyl (C=O) groups is 1. The van der Waals surface area contributed by atoms with Gasteiger partial charge in [0, 0.05) is 12.5 Å². The molecule has 0 aliphatic heterocycles. The third-order valence-electron chi connectivity index (χ3n) is 4.23. The molecule has 1 amide bonds. The van der Waals surface area contributed by atoms with Crippen LogP contribution in [0.1, 0.15) is 29.9 Å². The summed E-state index contributed by atoms with van der Waals surface area (Å²) in [6, 6.07) is 17.5. The molecule has 0 radical (unpaired) electrons. The molecule has 1 fully saturated rings. The van der Waals surface area contributed by atoms with Crippen LogP contribution in [0.15, 0.2) is 54.6 Å². The highest BCUT2D eigenvalue weighted by Gasteiger charge is 2.43. The highest BCUT2D eigenvalue weighted by atomic mass is 16.3. The van der Waals surface area contributed by atoms with E-state index in [0.29, 0.717) is 12.5 Å². The van der Waals surface area contributed by atoms with Crippen LogP contribution in [-0.2, 0) is 11.2 Å². The number of aromatic hydroxyl groups is 1. The highest BCUT2D eigenvalue weighted by molar-refractivity contribution is 5.82. The molecule has 1 aliphatic carbocycles. The van der Waals surface area contributed by atoms with E-state index in [1.807, 2.05) is 30.3 Å². The molecule has 1 saturated carbocycles. The van der Waals surface area contributed by atoms with E-state index < -0.39 is 0 Å². The van der Waals surface area contributed by atoms with Gasteiger partial charge in [-0.25, -0.2) is 0 Å². The number of carbonyl (C=O) groups excluding carboxylic acids is 1. The van der Waals surface area contributed by atoms with Gasteiger partial charge in [0.15, 0.2) is 0 Å². The van der Waals surface area contributed by atoms with Crippen molar-refractivity contribution >= 4 is 5.91 Å². The molecule has 0 bridgehead atoms. The maximum Gasteiger partial charge on any atom is 0.223 e. The minimum Gasteiger partial charge on any atom is -0.508 e. The minimum atomic E-state index is 0.149. The van der Waals surface area contributed by atoms with Gasteiger partial charge >= 0.3 is 0 Å². The first-order valence-corrected chi connectivity index (χ1v) is 7.84. The van der Waals surface area contributed by atoms with Crippen molar-refractivity contribution in [3.8, 4) is 5.75 Å². The molecule has 2 atom stereocenters. The zero-order valence-electron chi connectivity index (χ0n) is 12.5. The van der Waals surface area contributed by atoms with Gasteiger partial charge < -0.3 is 10.4 Å². The molecule has 0 saturated heterocycles. The summed E-state index contributed by atoms with van der Waals surface area (Å²) in [6.07, 6.45) is 2.79. The summed E-state index contributed by atoms with van der Waals surface area (Å²) in [5.41, 5.74) is 2.45. The number of nitrogens with one attached hydrogen (secondary N) is 1. The Kier molecular flexibility index (Phi) is 4.42. The number of rotatable bonds is 6. The Bertz CT molecular complexity index is 622. The molecule has 1 aliphatic rings. The first kappa shape index (κ1) is 14.6. The van der Waals surface area contributed by atoms with Crippen LogP contribution in [0, 0.1) is 5.92 Å². The average molecular weight is 295 g/mol. The first-order valence-electron chi connectivity index (χ1n) is 7.84. The van der Waals surface area contributed by atoms with Crippen molar-refractivity contribution in [3.05, 3.63) is 65.7 Å². The van der Waals surface area contributed by atoms with Crippen molar-refractivity contribution in [2.45, 2.75) is 25.2 Å². The summed E-state index contributed by atoms with van der Waals surface area (Å²) < 4.78 is 0. The Morgan fingerprint density at radius 3 is 2.55 bits per heavy atom. The smallest absolute Gasteiger partial charge is 0.223 e. The van der Waals surface area contributed by atoms with Crippen molar-refractivity contribution in [2.24, 2.45) is 5.92 Å². The number of hydrogen-bond donors (Lipinski definition) is 2. The topological polar surface area (TPSA) is 49.3 Å². The fourth-order valence-electron chi connectivity index (χ4n) is 2.85. The van der Waals surface area contributed by atoms with Crippen LogP contribution in [0.5, 0.6) is 5.75 Å². The van der Waals surface area contributed by atoms with Crippen LogP contribution in [-0.4, -0.2) is 17.6 Å². The molecule has 0 spiro atoms. The van der Waals surface area contributed by atoms with Crippen LogP contribution in [0.2, 0.25) is 0 Å². The number of aryl methyl sites for hydroxylation is 1. The van der Waals surface area contributed by atoms with Crippen LogP contribution >= 0.6 is 0 Å². The standard InChI is InChI=1S/C19H21NO2/c21-16-10-8-14(9-11-16)5-4-12-20-19(22)18-13-17(18)15-6-2-1-3-7-15/h1-3,6-11,17-18,21H,4-5,12-13H2,(H,20,22). The van der Waals surface area contributed by atoms with E-state index in [1.165, 1.54) is 11.1 Å². The first-order chi connectivity index (χ1) is 10.7. The normalized spacial score (nSPS) is 19.6. The van der Waals surface area contributed by atoms with Crippen LogP contribution in [0.4, 0.5) is 0 Å². The van der Waals surface area contributed by atoms with E-state index in [2.05, 4.69) is 17.4 Å². The Morgan fingerprint density at radius 2 is 1.82 bits per heavy atom. The second-order valence-electron chi connectivity index (χ2n) is 5.92. The van der Waals surface area contributed by atoms with E-state index in [1.54, 1.807) is 12.1 Å². The van der Waals surface area contributed by atoms with Gasteiger partial charge in [0.25, 0.3) is 0 Å². The molecule has 3 heteroatoms. The van der Waals surface area contributed by atoms with Crippen LogP contribution < -0.4 is 5.32 Å². The molecule has 3 rings (SSSR count). The quantitative estimate of drug-likeness (QED) is 0.804. The van der Waals surface area contributed by atoms with Gasteiger partial charge in [0.1, 0.15) is 5.75 Å². The van der Waals surface area contributed by atoms with Gasteiger partial charge in [0.2, 0.25) is 5.91 Å². The van der Waals surface area contributed by atoms with E-state index in [9.17, 15) is 9.90 Å². The number of phenols is 1. The Balaban J connectivity index is 1.38. The summed E-state index contributed by atoms with van der Waals surface area (Å²) in [6.45, 7) is 0.706. The lowest BCUT2D eigenvalue weighted by Gasteiger charge is -2.05. The van der Waals surface area contributed by atoms with Crippen LogP contribution in [0.25, 0.3) is 0 Å². The predicted molar refractivity (Wildman–Crippen MR) is 86.7 cm³/mol. The van der Waals surface area contributed by atoms with E-state index in [4.69, 9.17) is 0 Å². The van der Waals surface area contributed by atoms with Gasteiger partial charge in [-0.1, -0.05) is 42.5 Å². The SMILES string of the molecule is O=C(NCCCc1ccc(O)cc1)C1CC1c1ccccc1. The van der Waals surface area contributed by atoms with Crippen molar-refractivity contribution in [3.63, 3.8) is 0 Å². The van der Waals surface area contributed by atoms with Crippen molar-refractivity contribution < 1.29 is 9.90 Å². The minimum absolute atomic E-state index is 0.149. The van der Waals surface area contributed by atoms with Crippen molar-refractivity contribution in [1.29, 1.82) is 0 Å². The molecule has 2 unspecified atom stereocenters. The molecule has 2 aromatic carbocycles. The lowest BCUT2D eigenvalue weighted by atomic mass is 10.1. The van der Waals surface area contributed by atoms with E-state index >= 15 is 0 Å². The zero-order valence-corrected chi connectivity index (χ0v) is 12.5. The Morgan fingerprint density at radius 1 is 1.09 bits per heavy atom. The lowest BCUT2D eigenvalue weighted by molar-refractivity contribution is -0.122.